The predicted octanol–water partition coefficient (Wildman–Crippen LogP) is 5.09. The highest BCUT2D eigenvalue weighted by Crippen LogP contribution is 2.62. The van der Waals surface area contributed by atoms with Crippen LogP contribution in [0.25, 0.3) is 0 Å². The number of phenols is 2. The van der Waals surface area contributed by atoms with E-state index >= 15 is 0 Å². The van der Waals surface area contributed by atoms with Crippen LogP contribution in [0.2, 0.25) is 0 Å². The van der Waals surface area contributed by atoms with Gasteiger partial charge in [0.15, 0.2) is 11.5 Å². The molecule has 0 saturated carbocycles. The van der Waals surface area contributed by atoms with Gasteiger partial charge < -0.3 is 38.6 Å². The van der Waals surface area contributed by atoms with Crippen LogP contribution in [0.4, 0.5) is 0 Å². The van der Waals surface area contributed by atoms with E-state index in [1.165, 1.54) is 0 Å². The molecule has 10 heteroatoms. The maximum absolute atomic E-state index is 10.1. The SMILES string of the molecule is COc1c(OC)c2c(c3c1OC[C@H]1Sc4ccc(O)cc4O[C@@H]31)[C@@H]1Oc3cc(O)ccc3S[C@@H]1CO2. The lowest BCUT2D eigenvalue weighted by molar-refractivity contribution is 0.104. The first-order valence-electron chi connectivity index (χ1n) is 11.5. The highest BCUT2D eigenvalue weighted by Gasteiger charge is 2.49. The first-order valence-corrected chi connectivity index (χ1v) is 13.2. The van der Waals surface area contributed by atoms with Crippen molar-refractivity contribution < 1.29 is 38.6 Å². The molecule has 8 nitrogen and oxygen atoms in total. The average Bonchev–Trinajstić information content (AvgIpc) is 2.89. The van der Waals surface area contributed by atoms with Gasteiger partial charge >= 0.3 is 0 Å². The fraction of sp³-hybridized carbons (Fsp3) is 0.308. The highest BCUT2D eigenvalue weighted by molar-refractivity contribution is 8.00. The second kappa shape index (κ2) is 8.14. The molecule has 0 aromatic heterocycles. The zero-order chi connectivity index (χ0) is 24.6. The van der Waals surface area contributed by atoms with E-state index < -0.39 is 12.2 Å². The fourth-order valence-corrected chi connectivity index (χ4v) is 7.52. The van der Waals surface area contributed by atoms with Crippen molar-refractivity contribution in [3.8, 4) is 46.0 Å². The molecule has 4 heterocycles. The maximum Gasteiger partial charge on any atom is 0.207 e. The van der Waals surface area contributed by atoms with Gasteiger partial charge in [-0.2, -0.15) is 0 Å². The third-order valence-corrected chi connectivity index (χ3v) is 9.31. The van der Waals surface area contributed by atoms with Gasteiger partial charge in [-0.3, -0.25) is 0 Å². The van der Waals surface area contributed by atoms with Crippen LogP contribution >= 0.6 is 23.5 Å². The Hall–Kier alpha value is -3.24. The molecule has 0 spiro atoms. The summed E-state index contributed by atoms with van der Waals surface area (Å²) in [6, 6.07) is 10.3. The smallest absolute Gasteiger partial charge is 0.207 e. The summed E-state index contributed by atoms with van der Waals surface area (Å²) in [7, 11) is 3.14. The summed E-state index contributed by atoms with van der Waals surface area (Å²) in [5.41, 5.74) is 1.58. The van der Waals surface area contributed by atoms with Crippen LogP contribution in [0.15, 0.2) is 46.2 Å². The van der Waals surface area contributed by atoms with Crippen molar-refractivity contribution in [1.29, 1.82) is 0 Å². The van der Waals surface area contributed by atoms with Gasteiger partial charge in [0.25, 0.3) is 0 Å². The van der Waals surface area contributed by atoms with E-state index in [-0.39, 0.29) is 22.0 Å². The lowest BCUT2D eigenvalue weighted by Crippen LogP contribution is -2.40. The molecule has 0 bridgehead atoms. The Kier molecular flexibility index (Phi) is 4.97. The van der Waals surface area contributed by atoms with Crippen LogP contribution in [-0.2, 0) is 0 Å². The van der Waals surface area contributed by atoms with Gasteiger partial charge in [0.05, 0.1) is 45.6 Å². The summed E-state index contributed by atoms with van der Waals surface area (Å²) in [6.07, 6.45) is -0.800. The van der Waals surface area contributed by atoms with E-state index in [0.29, 0.717) is 47.7 Å². The average molecular weight is 527 g/mol. The monoisotopic (exact) mass is 526 g/mol. The topological polar surface area (TPSA) is 95.8 Å². The van der Waals surface area contributed by atoms with Gasteiger partial charge in [0, 0.05) is 12.1 Å². The zero-order valence-corrected chi connectivity index (χ0v) is 21.0. The summed E-state index contributed by atoms with van der Waals surface area (Å²) < 4.78 is 37.2. The van der Waals surface area contributed by atoms with Crippen LogP contribution in [0.3, 0.4) is 0 Å². The minimum atomic E-state index is -0.400. The minimum absolute atomic E-state index is 0.0373. The fourth-order valence-electron chi connectivity index (χ4n) is 5.23. The zero-order valence-electron chi connectivity index (χ0n) is 19.3. The third-order valence-electron chi connectivity index (χ3n) is 6.75. The largest absolute Gasteiger partial charge is 0.508 e. The summed E-state index contributed by atoms with van der Waals surface area (Å²) >= 11 is 3.31. The number of thioether (sulfide) groups is 2. The van der Waals surface area contributed by atoms with E-state index in [0.717, 1.165) is 20.9 Å². The Morgan fingerprint density at radius 1 is 0.722 bits per heavy atom. The van der Waals surface area contributed by atoms with Crippen molar-refractivity contribution in [2.45, 2.75) is 32.5 Å². The molecule has 0 radical (unpaired) electrons. The number of fused-ring (bicyclic) bond motifs is 9. The van der Waals surface area contributed by atoms with E-state index in [1.807, 2.05) is 12.1 Å². The van der Waals surface area contributed by atoms with E-state index in [9.17, 15) is 10.2 Å². The lowest BCUT2D eigenvalue weighted by atomic mass is 9.88. The van der Waals surface area contributed by atoms with Gasteiger partial charge in [-0.15, -0.1) is 23.5 Å². The van der Waals surface area contributed by atoms with Crippen molar-refractivity contribution in [2.24, 2.45) is 0 Å². The number of ether oxygens (including phenoxy) is 6. The number of hydrogen-bond donors (Lipinski definition) is 2. The van der Waals surface area contributed by atoms with Gasteiger partial charge in [0.1, 0.15) is 48.4 Å². The first kappa shape index (κ1) is 22.0. The lowest BCUT2D eigenvalue weighted by Gasteiger charge is -2.44. The Morgan fingerprint density at radius 3 is 1.58 bits per heavy atom. The summed E-state index contributed by atoms with van der Waals surface area (Å²) in [5, 5.41) is 20.1. The number of benzene rings is 3. The molecule has 3 aromatic rings. The second-order valence-electron chi connectivity index (χ2n) is 8.83. The quantitative estimate of drug-likeness (QED) is 0.470. The van der Waals surface area contributed by atoms with Gasteiger partial charge in [-0.1, -0.05) is 0 Å². The van der Waals surface area contributed by atoms with Crippen molar-refractivity contribution in [2.75, 3.05) is 27.4 Å². The first-order chi connectivity index (χ1) is 17.6. The summed E-state index contributed by atoms with van der Waals surface area (Å²) in [6.45, 7) is 0.810. The summed E-state index contributed by atoms with van der Waals surface area (Å²) in [5.74, 6) is 3.47. The molecular formula is C26H22O8S2. The van der Waals surface area contributed by atoms with E-state index in [4.69, 9.17) is 28.4 Å². The second-order valence-corrected chi connectivity index (χ2v) is 11.4. The molecule has 3 aromatic carbocycles. The number of phenolic OH excluding ortho intramolecular Hbond substituents is 2. The van der Waals surface area contributed by atoms with Gasteiger partial charge in [-0.25, -0.2) is 0 Å². The van der Waals surface area contributed by atoms with Crippen LogP contribution in [-0.4, -0.2) is 48.1 Å². The molecule has 7 rings (SSSR count). The molecule has 4 atom stereocenters. The molecule has 0 aliphatic carbocycles. The van der Waals surface area contributed by atoms with Crippen molar-refractivity contribution >= 4 is 23.5 Å². The predicted molar refractivity (Wildman–Crippen MR) is 133 cm³/mol. The molecule has 186 valence electrons. The third kappa shape index (κ3) is 3.17. The Balaban J connectivity index is 1.43. The number of hydrogen-bond acceptors (Lipinski definition) is 10. The number of methoxy groups -OCH3 is 2. The molecule has 36 heavy (non-hydrogen) atoms. The Labute approximate surface area is 215 Å². The molecule has 0 fully saturated rings. The van der Waals surface area contributed by atoms with Crippen molar-refractivity contribution in [3.63, 3.8) is 0 Å². The van der Waals surface area contributed by atoms with Crippen molar-refractivity contribution in [1.82, 2.24) is 0 Å². The van der Waals surface area contributed by atoms with Crippen LogP contribution in [0.5, 0.6) is 46.0 Å². The van der Waals surface area contributed by atoms with E-state index in [2.05, 4.69) is 0 Å². The van der Waals surface area contributed by atoms with Gasteiger partial charge in [-0.05, 0) is 24.3 Å². The molecule has 0 unspecified atom stereocenters. The normalized spacial score (nSPS) is 24.5. The maximum atomic E-state index is 10.1. The number of aromatic hydroxyl groups is 2. The minimum Gasteiger partial charge on any atom is -0.508 e. The Bertz CT molecular complexity index is 1290. The standard InChI is InChI=1S/C26H22O8S2/c1-29-25-23-19(21-17(9-31-23)35-15-5-3-11(27)7-13(15)33-21)20-22-18(10-32-24(20)26(25)30-2)36-16-6-4-12(28)8-14(16)34-22/h3-8,17-18,21-22,27-28H,9-10H2,1-2H3/t17-,18-,21-,22-/m1/s1. The van der Waals surface area contributed by atoms with Crippen molar-refractivity contribution in [3.05, 3.63) is 47.5 Å². The summed E-state index contributed by atoms with van der Waals surface area (Å²) in [4.78, 5) is 1.89. The molecular weight excluding hydrogens is 504 g/mol. The molecule has 4 aliphatic heterocycles. The van der Waals surface area contributed by atoms with Crippen LogP contribution in [0, 0.1) is 0 Å². The van der Waals surface area contributed by atoms with Gasteiger partial charge in [0.2, 0.25) is 11.5 Å². The molecule has 0 saturated heterocycles. The molecule has 0 amide bonds. The molecule has 4 aliphatic rings. The molecule has 2 N–H and O–H groups in total. The number of rotatable bonds is 2. The van der Waals surface area contributed by atoms with E-state index in [1.54, 1.807) is 62.0 Å². The highest BCUT2D eigenvalue weighted by atomic mass is 32.2. The van der Waals surface area contributed by atoms with Crippen LogP contribution < -0.4 is 28.4 Å². The Morgan fingerprint density at radius 2 is 1.17 bits per heavy atom. The van der Waals surface area contributed by atoms with Crippen LogP contribution in [0.1, 0.15) is 23.3 Å².